The number of hydrogen-bond donors (Lipinski definition) is 3. The summed E-state index contributed by atoms with van der Waals surface area (Å²) < 4.78 is 6.44. The highest BCUT2D eigenvalue weighted by molar-refractivity contribution is 5.75. The number of fused-ring (bicyclic) bond motifs is 5. The average Bonchev–Trinajstić information content (AvgIpc) is 3.22. The largest absolute Gasteiger partial charge is 0.488 e. The molecule has 5 N–H and O–H groups in total. The summed E-state index contributed by atoms with van der Waals surface area (Å²) in [6, 6.07) is 5.63. The number of carbonyl (C=O) groups is 1. The first-order chi connectivity index (χ1) is 17.7. The number of anilines is 2. The molecule has 5 rings (SSSR count). The Hall–Kier alpha value is -1.91. The van der Waals surface area contributed by atoms with Crippen LogP contribution < -0.4 is 21.5 Å². The molecule has 1 aromatic rings. The normalized spacial score (nSPS) is 39.7. The summed E-state index contributed by atoms with van der Waals surface area (Å²) in [7, 11) is 0. The van der Waals surface area contributed by atoms with E-state index in [0.717, 1.165) is 61.1 Å². The van der Waals surface area contributed by atoms with Gasteiger partial charge in [-0.2, -0.15) is 0 Å². The van der Waals surface area contributed by atoms with Gasteiger partial charge in [-0.05, 0) is 136 Å². The van der Waals surface area contributed by atoms with E-state index >= 15 is 0 Å². The first kappa shape index (κ1) is 26.7. The molecule has 0 bridgehead atoms. The van der Waals surface area contributed by atoms with Crippen molar-refractivity contribution in [2.24, 2.45) is 46.3 Å². The Labute approximate surface area is 224 Å². The molecule has 4 saturated carbocycles. The van der Waals surface area contributed by atoms with Gasteiger partial charge < -0.3 is 21.5 Å². The standard InChI is InChI=1S/C32H51N3O2/c1-5-35-30(36)13-6-20(2)25-10-11-26-24-9-7-21-18-23(37-29-12-8-22(33)19-28(29)34)14-16-31(21,3)27(24)15-17-32(25,26)4/h8,12,19-21,23-27H,5-7,9-11,13-18,33-34H2,1-4H3,(H,35,36)/t20-,21?,23?,24+,25-,26+,27+,31+,32-/m1/s1. The highest BCUT2D eigenvalue weighted by Gasteiger charge is 2.60. The Morgan fingerprint density at radius 2 is 1.81 bits per heavy atom. The molecule has 0 heterocycles. The Kier molecular flexibility index (Phi) is 7.46. The van der Waals surface area contributed by atoms with E-state index in [4.69, 9.17) is 16.2 Å². The van der Waals surface area contributed by atoms with Gasteiger partial charge in [-0.1, -0.05) is 20.8 Å². The van der Waals surface area contributed by atoms with Crippen LogP contribution in [0.2, 0.25) is 0 Å². The van der Waals surface area contributed by atoms with E-state index in [1.165, 1.54) is 44.9 Å². The minimum atomic E-state index is 0.225. The topological polar surface area (TPSA) is 90.4 Å². The highest BCUT2D eigenvalue weighted by Crippen LogP contribution is 2.68. The molecule has 1 aromatic carbocycles. The average molecular weight is 510 g/mol. The fourth-order valence-electron chi connectivity index (χ4n) is 10.0. The summed E-state index contributed by atoms with van der Waals surface area (Å²) in [6.45, 7) is 10.4. The minimum Gasteiger partial charge on any atom is -0.488 e. The second kappa shape index (κ2) is 10.3. The third-order valence-electron chi connectivity index (χ3n) is 11.9. The molecular formula is C32H51N3O2. The lowest BCUT2D eigenvalue weighted by Gasteiger charge is -2.61. The number of carbonyl (C=O) groups excluding carboxylic acids is 1. The van der Waals surface area contributed by atoms with Crippen LogP contribution in [-0.2, 0) is 4.79 Å². The van der Waals surface area contributed by atoms with E-state index in [1.54, 1.807) is 0 Å². The van der Waals surface area contributed by atoms with E-state index in [0.29, 0.717) is 34.5 Å². The lowest BCUT2D eigenvalue weighted by molar-refractivity contribution is -0.127. The van der Waals surface area contributed by atoms with Crippen LogP contribution in [-0.4, -0.2) is 18.6 Å². The molecule has 4 aliphatic carbocycles. The van der Waals surface area contributed by atoms with Crippen LogP contribution in [0.3, 0.4) is 0 Å². The highest BCUT2D eigenvalue weighted by atomic mass is 16.5. The van der Waals surface area contributed by atoms with Gasteiger partial charge in [0.05, 0.1) is 11.8 Å². The van der Waals surface area contributed by atoms with Crippen molar-refractivity contribution >= 4 is 17.3 Å². The quantitative estimate of drug-likeness (QED) is 0.352. The van der Waals surface area contributed by atoms with Crippen molar-refractivity contribution in [3.8, 4) is 5.75 Å². The maximum Gasteiger partial charge on any atom is 0.219 e. The van der Waals surface area contributed by atoms with Crippen molar-refractivity contribution in [2.75, 3.05) is 18.0 Å². The minimum absolute atomic E-state index is 0.225. The molecule has 0 aliphatic heterocycles. The molecule has 1 amide bonds. The fraction of sp³-hybridized carbons (Fsp3) is 0.781. The number of rotatable bonds is 7. The van der Waals surface area contributed by atoms with Gasteiger partial charge in [0.15, 0.2) is 0 Å². The third-order valence-corrected chi connectivity index (χ3v) is 11.9. The zero-order valence-corrected chi connectivity index (χ0v) is 23.7. The van der Waals surface area contributed by atoms with Crippen molar-refractivity contribution in [1.82, 2.24) is 5.32 Å². The smallest absolute Gasteiger partial charge is 0.219 e. The third kappa shape index (κ3) is 4.85. The lowest BCUT2D eigenvalue weighted by atomic mass is 9.44. The molecule has 0 aromatic heterocycles. The van der Waals surface area contributed by atoms with E-state index in [1.807, 2.05) is 25.1 Å². The van der Waals surface area contributed by atoms with Gasteiger partial charge in [0.1, 0.15) is 5.75 Å². The molecule has 0 saturated heterocycles. The molecule has 5 nitrogen and oxygen atoms in total. The van der Waals surface area contributed by atoms with E-state index in [2.05, 4.69) is 26.1 Å². The van der Waals surface area contributed by atoms with Crippen LogP contribution in [0.5, 0.6) is 5.75 Å². The number of nitrogen functional groups attached to an aromatic ring is 2. The second-order valence-electron chi connectivity index (χ2n) is 13.7. The Bertz CT molecular complexity index is 981. The van der Waals surface area contributed by atoms with Crippen LogP contribution in [0.25, 0.3) is 0 Å². The van der Waals surface area contributed by atoms with Gasteiger partial charge in [0.2, 0.25) is 5.91 Å². The van der Waals surface area contributed by atoms with Gasteiger partial charge in [-0.25, -0.2) is 0 Å². The number of benzene rings is 1. The number of amides is 1. The summed E-state index contributed by atoms with van der Waals surface area (Å²) in [4.78, 5) is 12.1. The Morgan fingerprint density at radius 3 is 2.57 bits per heavy atom. The summed E-state index contributed by atoms with van der Waals surface area (Å²) in [5.74, 6) is 5.78. The molecule has 4 fully saturated rings. The molecule has 37 heavy (non-hydrogen) atoms. The molecule has 2 unspecified atom stereocenters. The van der Waals surface area contributed by atoms with Gasteiger partial charge in [0.25, 0.3) is 0 Å². The molecule has 206 valence electrons. The van der Waals surface area contributed by atoms with Gasteiger partial charge >= 0.3 is 0 Å². The summed E-state index contributed by atoms with van der Waals surface area (Å²) in [5, 5.41) is 2.99. The zero-order valence-electron chi connectivity index (χ0n) is 23.7. The molecule has 0 radical (unpaired) electrons. The molecular weight excluding hydrogens is 458 g/mol. The first-order valence-corrected chi connectivity index (χ1v) is 15.2. The second-order valence-corrected chi connectivity index (χ2v) is 13.7. The van der Waals surface area contributed by atoms with Gasteiger partial charge in [-0.3, -0.25) is 4.79 Å². The van der Waals surface area contributed by atoms with Crippen molar-refractivity contribution in [3.63, 3.8) is 0 Å². The zero-order chi connectivity index (χ0) is 26.4. The van der Waals surface area contributed by atoms with Crippen molar-refractivity contribution < 1.29 is 9.53 Å². The van der Waals surface area contributed by atoms with Crippen LogP contribution in [0.15, 0.2) is 18.2 Å². The van der Waals surface area contributed by atoms with Crippen LogP contribution in [0.4, 0.5) is 11.4 Å². The summed E-state index contributed by atoms with van der Waals surface area (Å²) in [6.07, 6.45) is 13.8. The van der Waals surface area contributed by atoms with E-state index < -0.39 is 0 Å². The van der Waals surface area contributed by atoms with Crippen molar-refractivity contribution in [2.45, 2.75) is 104 Å². The molecule has 4 aliphatic rings. The van der Waals surface area contributed by atoms with Crippen LogP contribution >= 0.6 is 0 Å². The van der Waals surface area contributed by atoms with Gasteiger partial charge in [0, 0.05) is 18.7 Å². The van der Waals surface area contributed by atoms with E-state index in [-0.39, 0.29) is 12.0 Å². The Balaban J connectivity index is 1.23. The summed E-state index contributed by atoms with van der Waals surface area (Å²) >= 11 is 0. The number of nitrogens with two attached hydrogens (primary N) is 2. The summed E-state index contributed by atoms with van der Waals surface area (Å²) in [5.41, 5.74) is 14.3. The van der Waals surface area contributed by atoms with Gasteiger partial charge in [-0.15, -0.1) is 0 Å². The number of nitrogens with one attached hydrogen (secondary N) is 1. The molecule has 0 spiro atoms. The first-order valence-electron chi connectivity index (χ1n) is 15.2. The molecule has 5 heteroatoms. The van der Waals surface area contributed by atoms with Crippen molar-refractivity contribution in [3.05, 3.63) is 18.2 Å². The Morgan fingerprint density at radius 1 is 1.05 bits per heavy atom. The maximum absolute atomic E-state index is 12.1. The van der Waals surface area contributed by atoms with Crippen LogP contribution in [0.1, 0.15) is 98.3 Å². The fourth-order valence-corrected chi connectivity index (χ4v) is 10.0. The maximum atomic E-state index is 12.1. The predicted octanol–water partition coefficient (Wildman–Crippen LogP) is 6.81. The van der Waals surface area contributed by atoms with E-state index in [9.17, 15) is 4.79 Å². The number of ether oxygens (including phenoxy) is 1. The SMILES string of the molecule is CCNC(=O)CC[C@@H](C)[C@H]1CC[C@H]2[C@@H]3CCC4CC(Oc5ccc(N)cc5N)CC[C@]4(C)[C@H]3CC[C@]12C. The molecule has 9 atom stereocenters. The number of hydrogen-bond acceptors (Lipinski definition) is 4. The predicted molar refractivity (Wildman–Crippen MR) is 152 cm³/mol. The lowest BCUT2D eigenvalue weighted by Crippen LogP contribution is -2.54. The monoisotopic (exact) mass is 509 g/mol. The van der Waals surface area contributed by atoms with Crippen molar-refractivity contribution in [1.29, 1.82) is 0 Å². The van der Waals surface area contributed by atoms with Crippen LogP contribution in [0, 0.1) is 46.3 Å².